The number of H-pyrrole nitrogens is 1. The molecule has 0 spiro atoms. The summed E-state index contributed by atoms with van der Waals surface area (Å²) in [5.74, 6) is 0.0297. The number of pyridine rings is 1. The Morgan fingerprint density at radius 2 is 1.92 bits per heavy atom. The molecule has 262 valence electrons. The zero-order valence-corrected chi connectivity index (χ0v) is 29.2. The summed E-state index contributed by atoms with van der Waals surface area (Å²) in [6.07, 6.45) is 4.50. The minimum atomic E-state index is -4.25. The number of carbonyl (C=O) groups excluding carboxylic acids is 1. The Hall–Kier alpha value is -3.65. The molecule has 3 aliphatic rings. The van der Waals surface area contributed by atoms with Gasteiger partial charge in [-0.25, -0.2) is 4.99 Å². The molecule has 2 N–H and O–H groups in total. The standard InChI is InChI=1S/C34H45F3N6O4S/c1-7-8-12-41(5)28-11-15-43(20-39-28)26-17-24(31(44)38-18-25-27(48-6)16-21(2)40-32(25)45)22(3)29-30(26)47-33(4,46-29)23-9-13-42(14-10-23)19-34(35,36)37/h11,15-17,23H,7-10,12-14,18-20H2,1-6H3,(H,38,44)(H,40,45). The maximum atomic E-state index is 13.8. The molecule has 0 bridgehead atoms. The quantitative estimate of drug-likeness (QED) is 0.301. The van der Waals surface area contributed by atoms with Gasteiger partial charge < -0.3 is 29.6 Å². The molecule has 14 heteroatoms. The average Bonchev–Trinajstić information content (AvgIpc) is 3.41. The molecule has 10 nitrogen and oxygen atoms in total. The lowest BCUT2D eigenvalue weighted by Gasteiger charge is -2.39. The fourth-order valence-corrected chi connectivity index (χ4v) is 7.18. The van der Waals surface area contributed by atoms with Gasteiger partial charge in [-0.2, -0.15) is 13.2 Å². The van der Waals surface area contributed by atoms with Gasteiger partial charge in [-0.1, -0.05) is 13.3 Å². The van der Waals surface area contributed by atoms with E-state index in [2.05, 4.69) is 22.1 Å². The van der Waals surface area contributed by atoms with Gasteiger partial charge in [0.15, 0.2) is 11.5 Å². The van der Waals surface area contributed by atoms with Crippen LogP contribution >= 0.6 is 11.8 Å². The number of piperidine rings is 1. The number of aromatic nitrogens is 1. The van der Waals surface area contributed by atoms with Crippen molar-refractivity contribution in [2.75, 3.05) is 51.1 Å². The van der Waals surface area contributed by atoms with Crippen LogP contribution in [0, 0.1) is 19.8 Å². The van der Waals surface area contributed by atoms with Crippen molar-refractivity contribution < 1.29 is 27.4 Å². The van der Waals surface area contributed by atoms with Gasteiger partial charge in [0.1, 0.15) is 12.5 Å². The van der Waals surface area contributed by atoms with Crippen molar-refractivity contribution in [3.05, 3.63) is 57.1 Å². The van der Waals surface area contributed by atoms with E-state index in [0.717, 1.165) is 35.8 Å². The number of halogens is 3. The van der Waals surface area contributed by atoms with Crippen LogP contribution in [0.1, 0.15) is 66.7 Å². The highest BCUT2D eigenvalue weighted by Crippen LogP contribution is 2.52. The van der Waals surface area contributed by atoms with Crippen molar-refractivity contribution in [3.8, 4) is 11.5 Å². The number of ether oxygens (including phenoxy) is 2. The highest BCUT2D eigenvalue weighted by molar-refractivity contribution is 7.98. The summed E-state index contributed by atoms with van der Waals surface area (Å²) in [7, 11) is 2.00. The summed E-state index contributed by atoms with van der Waals surface area (Å²) < 4.78 is 52.3. The Labute approximate surface area is 283 Å². The van der Waals surface area contributed by atoms with E-state index in [1.54, 1.807) is 13.0 Å². The third-order valence-electron chi connectivity index (χ3n) is 9.26. The smallest absolute Gasteiger partial charge is 0.401 e. The Morgan fingerprint density at radius 1 is 1.21 bits per heavy atom. The minimum absolute atomic E-state index is 0.0312. The summed E-state index contributed by atoms with van der Waals surface area (Å²) in [5, 5.41) is 2.92. The number of anilines is 1. The number of rotatable bonds is 10. The zero-order chi connectivity index (χ0) is 34.8. The Kier molecular flexibility index (Phi) is 10.7. The summed E-state index contributed by atoms with van der Waals surface area (Å²) >= 11 is 1.44. The lowest BCUT2D eigenvalue weighted by molar-refractivity contribution is -0.159. The van der Waals surface area contributed by atoms with Gasteiger partial charge in [0, 0.05) is 66.5 Å². The first-order chi connectivity index (χ1) is 22.7. The molecule has 3 aliphatic heterocycles. The Bertz CT molecular complexity index is 1640. The second-order valence-corrected chi connectivity index (χ2v) is 13.7. The van der Waals surface area contributed by atoms with Crippen molar-refractivity contribution >= 4 is 29.2 Å². The number of alkyl halides is 3. The number of carbonyl (C=O) groups is 1. The molecule has 1 aromatic heterocycles. The largest absolute Gasteiger partial charge is 0.448 e. The molecule has 0 saturated carbocycles. The zero-order valence-electron chi connectivity index (χ0n) is 28.4. The van der Waals surface area contributed by atoms with E-state index < -0.39 is 18.5 Å². The summed E-state index contributed by atoms with van der Waals surface area (Å²) in [5.41, 5.74) is 2.47. The lowest BCUT2D eigenvalue weighted by Crippen LogP contribution is -2.50. The van der Waals surface area contributed by atoms with Crippen LogP contribution in [-0.4, -0.2) is 84.6 Å². The molecular weight excluding hydrogens is 645 g/mol. The summed E-state index contributed by atoms with van der Waals surface area (Å²) in [4.78, 5) is 40.3. The van der Waals surface area contributed by atoms with Crippen molar-refractivity contribution in [2.24, 2.45) is 10.9 Å². The second kappa shape index (κ2) is 14.5. The molecule has 1 saturated heterocycles. The number of amides is 1. The predicted octanol–water partition coefficient (Wildman–Crippen LogP) is 5.83. The van der Waals surface area contributed by atoms with Gasteiger partial charge in [0.2, 0.25) is 0 Å². The number of hydrogen-bond donors (Lipinski definition) is 2. The topological polar surface area (TPSA) is 102 Å². The maximum absolute atomic E-state index is 13.8. The van der Waals surface area contributed by atoms with E-state index in [1.807, 2.05) is 50.4 Å². The van der Waals surface area contributed by atoms with Gasteiger partial charge in [0.05, 0.1) is 12.2 Å². The summed E-state index contributed by atoms with van der Waals surface area (Å²) in [6.45, 7) is 8.36. The van der Waals surface area contributed by atoms with E-state index in [0.29, 0.717) is 46.7 Å². The molecule has 2 aromatic rings. The van der Waals surface area contributed by atoms with Gasteiger partial charge in [-0.05, 0) is 70.7 Å². The number of thioether (sulfide) groups is 1. The predicted molar refractivity (Wildman–Crippen MR) is 182 cm³/mol. The van der Waals surface area contributed by atoms with E-state index in [-0.39, 0.29) is 43.7 Å². The number of benzene rings is 1. The molecule has 1 aromatic carbocycles. The number of amidine groups is 1. The van der Waals surface area contributed by atoms with Crippen LogP contribution in [0.5, 0.6) is 11.5 Å². The number of fused-ring (bicyclic) bond motifs is 1. The highest BCUT2D eigenvalue weighted by Gasteiger charge is 2.48. The van der Waals surface area contributed by atoms with Crippen LogP contribution in [0.4, 0.5) is 18.9 Å². The van der Waals surface area contributed by atoms with Gasteiger partial charge in [0.25, 0.3) is 17.3 Å². The summed E-state index contributed by atoms with van der Waals surface area (Å²) in [6, 6.07) is 3.63. The normalized spacial score (nSPS) is 19.9. The number of nitrogens with zero attached hydrogens (tertiary/aromatic N) is 4. The molecule has 48 heavy (non-hydrogen) atoms. The molecule has 1 unspecified atom stereocenters. The molecule has 1 atom stereocenters. The van der Waals surface area contributed by atoms with Crippen molar-refractivity contribution in [3.63, 3.8) is 0 Å². The molecule has 1 amide bonds. The van der Waals surface area contributed by atoms with E-state index in [4.69, 9.17) is 14.5 Å². The van der Waals surface area contributed by atoms with Crippen LogP contribution in [-0.2, 0) is 6.54 Å². The van der Waals surface area contributed by atoms with Crippen LogP contribution in [0.25, 0.3) is 0 Å². The second-order valence-electron chi connectivity index (χ2n) is 12.8. The monoisotopic (exact) mass is 690 g/mol. The number of likely N-dealkylation sites (tertiary alicyclic amines) is 1. The van der Waals surface area contributed by atoms with Crippen molar-refractivity contribution in [1.82, 2.24) is 20.1 Å². The third-order valence-corrected chi connectivity index (χ3v) is 10.1. The van der Waals surface area contributed by atoms with Crippen LogP contribution < -0.4 is 25.2 Å². The number of nitrogens with one attached hydrogen (secondary N) is 2. The number of unbranched alkanes of at least 4 members (excludes halogenated alkanes) is 1. The van der Waals surface area contributed by atoms with E-state index in [1.165, 1.54) is 16.7 Å². The maximum Gasteiger partial charge on any atom is 0.401 e. The number of aryl methyl sites for hydroxylation is 1. The first-order valence-electron chi connectivity index (χ1n) is 16.3. The lowest BCUT2D eigenvalue weighted by atomic mass is 9.89. The van der Waals surface area contributed by atoms with E-state index >= 15 is 0 Å². The van der Waals surface area contributed by atoms with Crippen LogP contribution in [0.3, 0.4) is 0 Å². The molecule has 0 aliphatic carbocycles. The third kappa shape index (κ3) is 7.80. The van der Waals surface area contributed by atoms with Crippen molar-refractivity contribution in [2.45, 2.75) is 76.8 Å². The number of aliphatic imine (C=N–C) groups is 1. The SMILES string of the molecule is CCCCN(C)C1=NCN(c2cc(C(=O)NCc3c(SC)cc(C)[nH]c3=O)c(C)c3c2OC(C)(C2CCN(CC(F)(F)F)CC2)O3)C=C1. The number of aromatic amines is 1. The molecular formula is C34H45F3N6O4S. The Morgan fingerprint density at radius 3 is 2.54 bits per heavy atom. The van der Waals surface area contributed by atoms with Gasteiger partial charge in [-0.3, -0.25) is 14.5 Å². The van der Waals surface area contributed by atoms with Gasteiger partial charge in [-0.15, -0.1) is 11.8 Å². The Balaban J connectivity index is 1.43. The average molecular weight is 691 g/mol. The molecule has 1 fully saturated rings. The first kappa shape index (κ1) is 35.7. The fraction of sp³-hybridized carbons (Fsp3) is 0.559. The fourth-order valence-electron chi connectivity index (χ4n) is 6.47. The van der Waals surface area contributed by atoms with Gasteiger partial charge >= 0.3 is 6.18 Å². The molecule has 5 rings (SSSR count). The number of hydrogen-bond acceptors (Lipinski definition) is 9. The first-order valence-corrected chi connectivity index (χ1v) is 17.6. The molecule has 4 heterocycles. The van der Waals surface area contributed by atoms with Crippen LogP contribution in [0.15, 0.2) is 39.1 Å². The number of likely N-dealkylation sites (N-methyl/N-ethyl adjacent to an activating group) is 1. The van der Waals surface area contributed by atoms with Crippen LogP contribution in [0.2, 0.25) is 0 Å². The van der Waals surface area contributed by atoms with E-state index in [9.17, 15) is 22.8 Å². The highest BCUT2D eigenvalue weighted by atomic mass is 32.2. The van der Waals surface area contributed by atoms with Crippen molar-refractivity contribution in [1.29, 1.82) is 0 Å². The minimum Gasteiger partial charge on any atom is -0.448 e. The molecule has 0 radical (unpaired) electrons.